The van der Waals surface area contributed by atoms with Crippen LogP contribution in [-0.4, -0.2) is 21.6 Å². The average Bonchev–Trinajstić information content (AvgIpc) is 2.90. The van der Waals surface area contributed by atoms with E-state index in [-0.39, 0.29) is 0 Å². The van der Waals surface area contributed by atoms with Gasteiger partial charge in [0.1, 0.15) is 0 Å². The summed E-state index contributed by atoms with van der Waals surface area (Å²) < 4.78 is 1.85. The van der Waals surface area contributed by atoms with Crippen LogP contribution in [0, 0.1) is 0 Å². The third-order valence-electron chi connectivity index (χ3n) is 3.64. The third kappa shape index (κ3) is 4.35. The van der Waals surface area contributed by atoms with Gasteiger partial charge in [-0.1, -0.05) is 45.0 Å². The fourth-order valence-corrected chi connectivity index (χ4v) is 3.62. The van der Waals surface area contributed by atoms with Gasteiger partial charge in [0, 0.05) is 29.4 Å². The van der Waals surface area contributed by atoms with E-state index in [2.05, 4.69) is 61.6 Å². The zero-order valence-corrected chi connectivity index (χ0v) is 14.2. The Kier molecular flexibility index (Phi) is 5.88. The molecule has 2 aromatic rings. The number of aromatic nitrogens is 2. The lowest BCUT2D eigenvalue weighted by Gasteiger charge is -2.24. The van der Waals surface area contributed by atoms with Gasteiger partial charge in [-0.15, -0.1) is 11.8 Å². The van der Waals surface area contributed by atoms with Crippen molar-refractivity contribution in [1.29, 1.82) is 0 Å². The van der Waals surface area contributed by atoms with Crippen molar-refractivity contribution < 1.29 is 0 Å². The normalized spacial score (nSPS) is 14.1. The monoisotopic (exact) mass is 303 g/mol. The summed E-state index contributed by atoms with van der Waals surface area (Å²) in [6.45, 7) is 7.60. The van der Waals surface area contributed by atoms with Gasteiger partial charge in [0.15, 0.2) is 0 Å². The van der Waals surface area contributed by atoms with E-state index in [1.54, 1.807) is 0 Å². The van der Waals surface area contributed by atoms with Gasteiger partial charge >= 0.3 is 0 Å². The van der Waals surface area contributed by atoms with Crippen LogP contribution in [0.2, 0.25) is 0 Å². The summed E-state index contributed by atoms with van der Waals surface area (Å²) in [5.41, 5.74) is 2.75. The lowest BCUT2D eigenvalue weighted by molar-refractivity contribution is 0.548. The molecule has 2 unspecified atom stereocenters. The molecule has 0 amide bonds. The Labute approximate surface area is 132 Å². The summed E-state index contributed by atoms with van der Waals surface area (Å²) in [6.07, 6.45) is 5.10. The van der Waals surface area contributed by atoms with Crippen molar-refractivity contribution in [2.75, 3.05) is 6.54 Å². The van der Waals surface area contributed by atoms with Crippen LogP contribution in [0.25, 0.3) is 0 Å². The van der Waals surface area contributed by atoms with Crippen LogP contribution in [-0.2, 0) is 13.5 Å². The molecule has 4 heteroatoms. The molecule has 0 radical (unpaired) electrons. The summed E-state index contributed by atoms with van der Waals surface area (Å²) in [7, 11) is 1.96. The lowest BCUT2D eigenvalue weighted by atomic mass is 10.0. The number of nitrogens with zero attached hydrogens (tertiary/aromatic N) is 2. The molecular formula is C17H25N3S. The molecule has 2 atom stereocenters. The van der Waals surface area contributed by atoms with Gasteiger partial charge in [0.2, 0.25) is 0 Å². The number of benzene rings is 1. The maximum atomic E-state index is 4.25. The smallest absolute Gasteiger partial charge is 0.0625 e. The van der Waals surface area contributed by atoms with E-state index in [4.69, 9.17) is 0 Å². The van der Waals surface area contributed by atoms with Crippen LogP contribution in [0.3, 0.4) is 0 Å². The fourth-order valence-electron chi connectivity index (χ4n) is 2.48. The van der Waals surface area contributed by atoms with Crippen molar-refractivity contribution in [3.8, 4) is 0 Å². The first-order valence-corrected chi connectivity index (χ1v) is 8.49. The molecule has 1 N–H and O–H groups in total. The Hall–Kier alpha value is -1.26. The molecule has 0 fully saturated rings. The summed E-state index contributed by atoms with van der Waals surface area (Å²) in [6, 6.07) is 9.34. The van der Waals surface area contributed by atoms with Crippen molar-refractivity contribution in [2.24, 2.45) is 7.05 Å². The number of thioether (sulfide) groups is 1. The molecule has 114 valence electrons. The second-order valence-corrected chi connectivity index (χ2v) is 6.75. The van der Waals surface area contributed by atoms with E-state index in [0.29, 0.717) is 11.3 Å². The number of hydrogen-bond donors (Lipinski definition) is 1. The van der Waals surface area contributed by atoms with Crippen molar-refractivity contribution in [2.45, 2.75) is 43.4 Å². The second-order valence-electron chi connectivity index (χ2n) is 5.30. The largest absolute Gasteiger partial charge is 0.309 e. The summed E-state index contributed by atoms with van der Waals surface area (Å²) >= 11 is 1.87. The number of rotatable bonds is 7. The van der Waals surface area contributed by atoms with E-state index >= 15 is 0 Å². The van der Waals surface area contributed by atoms with Gasteiger partial charge in [0.25, 0.3) is 0 Å². The van der Waals surface area contributed by atoms with Gasteiger partial charge in [-0.05, 0) is 24.1 Å². The topological polar surface area (TPSA) is 29.9 Å². The van der Waals surface area contributed by atoms with Crippen LogP contribution < -0.4 is 5.32 Å². The molecule has 0 spiro atoms. The standard InChI is InChI=1S/C17H25N3S/c1-5-14-7-9-15(10-8-14)17(18-6-2)13(3)21-16-11-19-20(4)12-16/h7-13,17-18H,5-6H2,1-4H3. The summed E-state index contributed by atoms with van der Waals surface area (Å²) in [5.74, 6) is 0. The molecule has 3 nitrogen and oxygen atoms in total. The molecule has 2 rings (SSSR count). The predicted octanol–water partition coefficient (Wildman–Crippen LogP) is 3.81. The molecule has 0 saturated heterocycles. The maximum Gasteiger partial charge on any atom is 0.0625 e. The molecule has 0 aliphatic carbocycles. The van der Waals surface area contributed by atoms with Crippen LogP contribution in [0.4, 0.5) is 0 Å². The quantitative estimate of drug-likeness (QED) is 0.789. The fraction of sp³-hybridized carbons (Fsp3) is 0.471. The Morgan fingerprint density at radius 1 is 1.24 bits per heavy atom. The summed E-state index contributed by atoms with van der Waals surface area (Å²) in [4.78, 5) is 1.22. The predicted molar refractivity (Wildman–Crippen MR) is 90.8 cm³/mol. The van der Waals surface area contributed by atoms with Gasteiger partial charge in [-0.2, -0.15) is 5.10 Å². The van der Waals surface area contributed by atoms with Gasteiger partial charge in [0.05, 0.1) is 6.20 Å². The number of hydrogen-bond acceptors (Lipinski definition) is 3. The minimum atomic E-state index is 0.353. The highest BCUT2D eigenvalue weighted by molar-refractivity contribution is 8.00. The van der Waals surface area contributed by atoms with Crippen LogP contribution in [0.1, 0.15) is 37.9 Å². The Balaban J connectivity index is 2.12. The van der Waals surface area contributed by atoms with Crippen molar-refractivity contribution in [1.82, 2.24) is 15.1 Å². The molecule has 0 bridgehead atoms. The molecule has 0 aliphatic heterocycles. The number of nitrogens with one attached hydrogen (secondary N) is 1. The van der Waals surface area contributed by atoms with Gasteiger partial charge in [-0.3, -0.25) is 4.68 Å². The zero-order chi connectivity index (χ0) is 15.2. The Bertz CT molecular complexity index is 547. The lowest BCUT2D eigenvalue weighted by Crippen LogP contribution is -2.28. The summed E-state index contributed by atoms with van der Waals surface area (Å²) in [5, 5.41) is 8.31. The van der Waals surface area contributed by atoms with Gasteiger partial charge < -0.3 is 5.32 Å². The second kappa shape index (κ2) is 7.66. The molecular weight excluding hydrogens is 278 g/mol. The zero-order valence-electron chi connectivity index (χ0n) is 13.3. The van der Waals surface area contributed by atoms with E-state index in [9.17, 15) is 0 Å². The van der Waals surface area contributed by atoms with E-state index in [0.717, 1.165) is 13.0 Å². The first-order chi connectivity index (χ1) is 10.1. The Morgan fingerprint density at radius 2 is 1.95 bits per heavy atom. The van der Waals surface area contributed by atoms with Crippen molar-refractivity contribution in [3.05, 3.63) is 47.8 Å². The molecule has 1 aromatic heterocycles. The van der Waals surface area contributed by atoms with E-state index in [1.165, 1.54) is 16.0 Å². The Morgan fingerprint density at radius 3 is 2.48 bits per heavy atom. The third-order valence-corrected chi connectivity index (χ3v) is 4.77. The highest BCUT2D eigenvalue weighted by Crippen LogP contribution is 2.31. The molecule has 0 saturated carbocycles. The van der Waals surface area contributed by atoms with Crippen molar-refractivity contribution >= 4 is 11.8 Å². The van der Waals surface area contributed by atoms with Crippen LogP contribution in [0.5, 0.6) is 0 Å². The van der Waals surface area contributed by atoms with E-state index < -0.39 is 0 Å². The molecule has 1 aromatic carbocycles. The minimum absolute atomic E-state index is 0.353. The highest BCUT2D eigenvalue weighted by Gasteiger charge is 2.19. The average molecular weight is 303 g/mol. The van der Waals surface area contributed by atoms with Crippen LogP contribution >= 0.6 is 11.8 Å². The molecule has 1 heterocycles. The highest BCUT2D eigenvalue weighted by atomic mass is 32.2. The number of aryl methyl sites for hydroxylation is 2. The first kappa shape index (κ1) is 16.1. The van der Waals surface area contributed by atoms with Crippen LogP contribution in [0.15, 0.2) is 41.6 Å². The molecule has 21 heavy (non-hydrogen) atoms. The van der Waals surface area contributed by atoms with Crippen molar-refractivity contribution in [3.63, 3.8) is 0 Å². The minimum Gasteiger partial charge on any atom is -0.309 e. The van der Waals surface area contributed by atoms with Gasteiger partial charge in [-0.25, -0.2) is 0 Å². The molecule has 0 aliphatic rings. The first-order valence-electron chi connectivity index (χ1n) is 7.61. The van der Waals surface area contributed by atoms with E-state index in [1.807, 2.05) is 29.7 Å². The SMILES string of the molecule is CCNC(c1ccc(CC)cc1)C(C)Sc1cnn(C)c1. The maximum absolute atomic E-state index is 4.25.